The van der Waals surface area contributed by atoms with Crippen molar-refractivity contribution in [1.29, 1.82) is 5.26 Å². The minimum Gasteiger partial charge on any atom is -0.334 e. The van der Waals surface area contributed by atoms with Gasteiger partial charge in [-0.1, -0.05) is 54.6 Å². The van der Waals surface area contributed by atoms with Crippen LogP contribution in [-0.4, -0.2) is 10.8 Å². The molecule has 27 heavy (non-hydrogen) atoms. The molecule has 0 unspecified atom stereocenters. The summed E-state index contributed by atoms with van der Waals surface area (Å²) >= 11 is 0. The second-order valence-electron chi connectivity index (χ2n) is 6.35. The van der Waals surface area contributed by atoms with Crippen molar-refractivity contribution in [3.8, 4) is 6.07 Å². The maximum atomic E-state index is 13.5. The molecule has 134 valence electrons. The van der Waals surface area contributed by atoms with Crippen molar-refractivity contribution in [3.05, 3.63) is 107 Å². The van der Waals surface area contributed by atoms with Crippen molar-refractivity contribution in [2.24, 2.45) is 0 Å². The number of carbonyl (C=O) groups excluding carboxylic acids is 1. The molecule has 3 rings (SSSR count). The molecule has 1 amide bonds. The fraction of sp³-hybridized carbons (Fsp3) is 0.130. The van der Waals surface area contributed by atoms with E-state index >= 15 is 0 Å². The van der Waals surface area contributed by atoms with E-state index in [1.165, 1.54) is 12.1 Å². The molecule has 0 aliphatic carbocycles. The number of nitriles is 1. The molecule has 0 spiro atoms. The summed E-state index contributed by atoms with van der Waals surface area (Å²) < 4.78 is 13.5. The minimum atomic E-state index is -0.318. The van der Waals surface area contributed by atoms with E-state index < -0.39 is 0 Å². The standard InChI is InChI=1S/C23H19FN2O/c24-22-8-4-7-21(13-22)17-26(16-20-11-9-19(15-25)10-12-20)23(27)14-18-5-2-1-3-6-18/h1-13H,14,16-17H2. The molecule has 0 bridgehead atoms. The number of hydrogen-bond donors (Lipinski definition) is 0. The normalized spacial score (nSPS) is 10.2. The highest BCUT2D eigenvalue weighted by atomic mass is 19.1. The van der Waals surface area contributed by atoms with Crippen LogP contribution < -0.4 is 0 Å². The molecule has 0 saturated carbocycles. The predicted octanol–water partition coefficient (Wildman–Crippen LogP) is 4.47. The molecule has 0 fully saturated rings. The Kier molecular flexibility index (Phi) is 5.96. The lowest BCUT2D eigenvalue weighted by Crippen LogP contribution is -2.31. The Morgan fingerprint density at radius 3 is 2.19 bits per heavy atom. The van der Waals surface area contributed by atoms with Gasteiger partial charge in [0.05, 0.1) is 18.1 Å². The highest BCUT2D eigenvalue weighted by molar-refractivity contribution is 5.78. The molecule has 0 aromatic heterocycles. The summed E-state index contributed by atoms with van der Waals surface area (Å²) in [4.78, 5) is 14.6. The van der Waals surface area contributed by atoms with Gasteiger partial charge in [-0.15, -0.1) is 0 Å². The summed E-state index contributed by atoms with van der Waals surface area (Å²) in [5, 5.41) is 8.93. The van der Waals surface area contributed by atoms with Crippen LogP contribution in [0.15, 0.2) is 78.9 Å². The van der Waals surface area contributed by atoms with Gasteiger partial charge in [-0.3, -0.25) is 4.79 Å². The average Bonchev–Trinajstić information content (AvgIpc) is 2.69. The van der Waals surface area contributed by atoms with E-state index in [1.54, 1.807) is 23.1 Å². The van der Waals surface area contributed by atoms with Crippen LogP contribution in [0.3, 0.4) is 0 Å². The Bertz CT molecular complexity index is 946. The maximum absolute atomic E-state index is 13.5. The lowest BCUT2D eigenvalue weighted by atomic mass is 10.1. The summed E-state index contributed by atoms with van der Waals surface area (Å²) in [7, 11) is 0. The van der Waals surface area contributed by atoms with Crippen molar-refractivity contribution in [1.82, 2.24) is 4.90 Å². The number of nitrogens with zero attached hydrogens (tertiary/aromatic N) is 2. The fourth-order valence-corrected chi connectivity index (χ4v) is 2.88. The van der Waals surface area contributed by atoms with E-state index in [-0.39, 0.29) is 18.1 Å². The van der Waals surface area contributed by atoms with Crippen molar-refractivity contribution in [2.75, 3.05) is 0 Å². The molecular formula is C23H19FN2O. The number of rotatable bonds is 6. The van der Waals surface area contributed by atoms with Crippen LogP contribution in [0.5, 0.6) is 0 Å². The Hall–Kier alpha value is -3.45. The van der Waals surface area contributed by atoms with Gasteiger partial charge >= 0.3 is 0 Å². The third-order valence-electron chi connectivity index (χ3n) is 4.27. The highest BCUT2D eigenvalue weighted by Gasteiger charge is 2.16. The van der Waals surface area contributed by atoms with Crippen LogP contribution in [0, 0.1) is 17.1 Å². The van der Waals surface area contributed by atoms with Crippen LogP contribution >= 0.6 is 0 Å². The smallest absolute Gasteiger partial charge is 0.227 e. The Morgan fingerprint density at radius 2 is 1.52 bits per heavy atom. The summed E-state index contributed by atoms with van der Waals surface area (Å²) in [6, 6.07) is 25.1. The summed E-state index contributed by atoms with van der Waals surface area (Å²) in [5.74, 6) is -0.351. The molecule has 0 saturated heterocycles. The molecule has 3 nitrogen and oxygen atoms in total. The quantitative estimate of drug-likeness (QED) is 0.653. The van der Waals surface area contributed by atoms with Gasteiger partial charge in [-0.2, -0.15) is 5.26 Å². The van der Waals surface area contributed by atoms with Crippen LogP contribution in [-0.2, 0) is 24.3 Å². The third kappa shape index (κ3) is 5.26. The molecule has 0 heterocycles. The first-order valence-corrected chi connectivity index (χ1v) is 8.69. The Morgan fingerprint density at radius 1 is 0.852 bits per heavy atom. The average molecular weight is 358 g/mol. The van der Waals surface area contributed by atoms with E-state index in [0.717, 1.165) is 16.7 Å². The zero-order chi connectivity index (χ0) is 19.1. The van der Waals surface area contributed by atoms with E-state index in [0.29, 0.717) is 18.7 Å². The molecule has 0 atom stereocenters. The van der Waals surface area contributed by atoms with Crippen molar-refractivity contribution < 1.29 is 9.18 Å². The first-order chi connectivity index (χ1) is 13.1. The van der Waals surface area contributed by atoms with Crippen LogP contribution in [0.2, 0.25) is 0 Å². The van der Waals surface area contributed by atoms with Crippen LogP contribution in [0.1, 0.15) is 22.3 Å². The van der Waals surface area contributed by atoms with E-state index in [2.05, 4.69) is 6.07 Å². The number of hydrogen-bond acceptors (Lipinski definition) is 2. The second-order valence-corrected chi connectivity index (χ2v) is 6.35. The molecule has 0 aliphatic heterocycles. The molecule has 0 aliphatic rings. The maximum Gasteiger partial charge on any atom is 0.227 e. The van der Waals surface area contributed by atoms with Gasteiger partial charge in [-0.05, 0) is 41.0 Å². The first kappa shape index (κ1) is 18.3. The lowest BCUT2D eigenvalue weighted by Gasteiger charge is -2.23. The zero-order valence-corrected chi connectivity index (χ0v) is 14.8. The summed E-state index contributed by atoms with van der Waals surface area (Å²) in [6.07, 6.45) is 0.284. The summed E-state index contributed by atoms with van der Waals surface area (Å²) in [6.45, 7) is 0.720. The SMILES string of the molecule is N#Cc1ccc(CN(Cc2cccc(F)c2)C(=O)Cc2ccccc2)cc1. The third-order valence-corrected chi connectivity index (χ3v) is 4.27. The van der Waals surface area contributed by atoms with Crippen molar-refractivity contribution in [3.63, 3.8) is 0 Å². The molecule has 0 N–H and O–H groups in total. The second kappa shape index (κ2) is 8.77. The van der Waals surface area contributed by atoms with Gasteiger partial charge in [0.1, 0.15) is 5.82 Å². The predicted molar refractivity (Wildman–Crippen MR) is 102 cm³/mol. The molecule has 3 aromatic rings. The van der Waals surface area contributed by atoms with Crippen molar-refractivity contribution in [2.45, 2.75) is 19.5 Å². The van der Waals surface area contributed by atoms with Gasteiger partial charge in [-0.25, -0.2) is 4.39 Å². The first-order valence-electron chi connectivity index (χ1n) is 8.69. The van der Waals surface area contributed by atoms with Gasteiger partial charge < -0.3 is 4.90 Å². The topological polar surface area (TPSA) is 44.1 Å². The van der Waals surface area contributed by atoms with E-state index in [4.69, 9.17) is 5.26 Å². The largest absolute Gasteiger partial charge is 0.334 e. The fourth-order valence-electron chi connectivity index (χ4n) is 2.88. The van der Waals surface area contributed by atoms with Crippen molar-refractivity contribution >= 4 is 5.91 Å². The van der Waals surface area contributed by atoms with E-state index in [1.807, 2.05) is 48.5 Å². The van der Waals surface area contributed by atoms with Gasteiger partial charge in [0.25, 0.3) is 0 Å². The molecule has 0 radical (unpaired) electrons. The Labute approximate surface area is 158 Å². The minimum absolute atomic E-state index is 0.0326. The lowest BCUT2D eigenvalue weighted by molar-refractivity contribution is -0.131. The zero-order valence-electron chi connectivity index (χ0n) is 14.8. The van der Waals surface area contributed by atoms with Gasteiger partial charge in [0.15, 0.2) is 0 Å². The number of benzene rings is 3. The molecular weight excluding hydrogens is 339 g/mol. The summed E-state index contributed by atoms with van der Waals surface area (Å²) in [5.41, 5.74) is 3.18. The number of amides is 1. The molecule has 4 heteroatoms. The molecule has 3 aromatic carbocycles. The van der Waals surface area contributed by atoms with Gasteiger partial charge in [0.2, 0.25) is 5.91 Å². The van der Waals surface area contributed by atoms with Crippen LogP contribution in [0.4, 0.5) is 4.39 Å². The highest BCUT2D eigenvalue weighted by Crippen LogP contribution is 2.14. The monoisotopic (exact) mass is 358 g/mol. The van der Waals surface area contributed by atoms with E-state index in [9.17, 15) is 9.18 Å². The Balaban J connectivity index is 1.80. The van der Waals surface area contributed by atoms with Crippen LogP contribution in [0.25, 0.3) is 0 Å². The van der Waals surface area contributed by atoms with Gasteiger partial charge in [0, 0.05) is 13.1 Å². The number of carbonyl (C=O) groups is 1. The number of halogens is 1.